The molecule has 20 heavy (non-hydrogen) atoms. The highest BCUT2D eigenvalue weighted by Crippen LogP contribution is 2.14. The van der Waals surface area contributed by atoms with E-state index in [1.807, 2.05) is 6.92 Å². The Balaban J connectivity index is 1.96. The van der Waals surface area contributed by atoms with Crippen molar-refractivity contribution in [3.8, 4) is 0 Å². The van der Waals surface area contributed by atoms with Crippen LogP contribution < -0.4 is 5.32 Å². The molecule has 0 aliphatic heterocycles. The summed E-state index contributed by atoms with van der Waals surface area (Å²) in [5.74, 6) is -1.82. The number of nitrogens with one attached hydrogen (secondary N) is 1. The minimum atomic E-state index is -0.702. The van der Waals surface area contributed by atoms with Gasteiger partial charge in [0.25, 0.3) is 0 Å². The summed E-state index contributed by atoms with van der Waals surface area (Å²) in [5.41, 5.74) is -0.226. The fraction of sp³-hybridized carbons (Fsp3) is 0.143. The lowest BCUT2D eigenvalue weighted by Crippen LogP contribution is -2.19. The first-order chi connectivity index (χ1) is 9.56. The largest absolute Gasteiger partial charge is 0.348 e. The molecule has 1 aromatic carbocycles. The summed E-state index contributed by atoms with van der Waals surface area (Å²) in [6.45, 7) is 2.21. The molecule has 0 saturated heterocycles. The van der Waals surface area contributed by atoms with Crippen LogP contribution in [-0.4, -0.2) is 10.9 Å². The number of nitrogens with zero attached hydrogens (tertiary/aromatic N) is 1. The maximum atomic E-state index is 13.3. The molecule has 1 aromatic heterocycles. The van der Waals surface area contributed by atoms with Gasteiger partial charge in [0.1, 0.15) is 11.6 Å². The van der Waals surface area contributed by atoms with Gasteiger partial charge in [0.15, 0.2) is 0 Å². The molecule has 104 valence electrons. The summed E-state index contributed by atoms with van der Waals surface area (Å²) < 4.78 is 26.6. The summed E-state index contributed by atoms with van der Waals surface area (Å²) in [6.07, 6.45) is 3.91. The average Bonchev–Trinajstić information content (AvgIpc) is 2.82. The van der Waals surface area contributed by atoms with E-state index in [1.165, 1.54) is 17.4 Å². The van der Waals surface area contributed by atoms with Crippen LogP contribution >= 0.6 is 11.3 Å². The van der Waals surface area contributed by atoms with E-state index in [9.17, 15) is 13.6 Å². The molecular weight excluding hydrogens is 282 g/mol. The zero-order valence-electron chi connectivity index (χ0n) is 10.7. The number of thiazole rings is 1. The molecule has 0 fully saturated rings. The fourth-order valence-corrected chi connectivity index (χ4v) is 2.28. The van der Waals surface area contributed by atoms with E-state index in [2.05, 4.69) is 10.3 Å². The molecule has 0 aliphatic rings. The van der Waals surface area contributed by atoms with Crippen LogP contribution in [0, 0.1) is 18.6 Å². The molecule has 0 spiro atoms. The number of carbonyl (C=O) groups excluding carboxylic acids is 1. The minimum Gasteiger partial charge on any atom is -0.348 e. The molecule has 0 aliphatic carbocycles. The molecule has 0 saturated carbocycles. The van der Waals surface area contributed by atoms with E-state index in [-0.39, 0.29) is 5.56 Å². The van der Waals surface area contributed by atoms with Gasteiger partial charge in [0, 0.05) is 22.7 Å². The normalized spacial score (nSPS) is 10.9. The lowest BCUT2D eigenvalue weighted by Gasteiger charge is -2.00. The molecule has 2 aromatic rings. The Bertz CT molecular complexity index is 632. The smallest absolute Gasteiger partial charge is 0.244 e. The number of hydrogen-bond donors (Lipinski definition) is 1. The van der Waals surface area contributed by atoms with E-state index in [0.29, 0.717) is 6.54 Å². The molecule has 2 rings (SSSR count). The molecule has 0 unspecified atom stereocenters. The average molecular weight is 294 g/mol. The Morgan fingerprint density at radius 3 is 2.70 bits per heavy atom. The maximum Gasteiger partial charge on any atom is 0.244 e. The molecule has 0 radical (unpaired) electrons. The summed E-state index contributed by atoms with van der Waals surface area (Å²) in [6, 6.07) is 3.55. The van der Waals surface area contributed by atoms with Crippen molar-refractivity contribution in [3.05, 3.63) is 57.6 Å². The van der Waals surface area contributed by atoms with E-state index in [1.54, 1.807) is 6.20 Å². The van der Waals surface area contributed by atoms with E-state index in [4.69, 9.17) is 0 Å². The van der Waals surface area contributed by atoms with E-state index < -0.39 is 17.5 Å². The predicted molar refractivity (Wildman–Crippen MR) is 74.1 cm³/mol. The third kappa shape index (κ3) is 3.71. The van der Waals surface area contributed by atoms with Crippen molar-refractivity contribution in [2.45, 2.75) is 13.5 Å². The van der Waals surface area contributed by atoms with Gasteiger partial charge in [0.05, 0.1) is 11.6 Å². The third-order valence-corrected chi connectivity index (χ3v) is 3.42. The van der Waals surface area contributed by atoms with E-state index in [0.717, 1.165) is 34.2 Å². The second-order valence-corrected chi connectivity index (χ2v) is 5.35. The Morgan fingerprint density at radius 2 is 2.10 bits per heavy atom. The standard InChI is InChI=1S/C14H12F2N2OS/c1-9-17-7-10(20-9)8-18-14(19)6-5-11-12(15)3-2-4-13(11)16/h2-7H,8H2,1H3,(H,18,19). The Hall–Kier alpha value is -2.08. The molecule has 1 amide bonds. The van der Waals surface area contributed by atoms with Crippen LogP contribution in [0.25, 0.3) is 6.08 Å². The van der Waals surface area contributed by atoms with Crippen LogP contribution in [0.3, 0.4) is 0 Å². The van der Waals surface area contributed by atoms with Gasteiger partial charge in [-0.15, -0.1) is 11.3 Å². The topological polar surface area (TPSA) is 42.0 Å². The van der Waals surface area contributed by atoms with Crippen molar-refractivity contribution in [3.63, 3.8) is 0 Å². The van der Waals surface area contributed by atoms with Crippen LogP contribution in [0.5, 0.6) is 0 Å². The molecular formula is C14H12F2N2OS. The van der Waals surface area contributed by atoms with Gasteiger partial charge in [-0.05, 0) is 25.1 Å². The third-order valence-electron chi connectivity index (χ3n) is 2.51. The minimum absolute atomic E-state index is 0.226. The highest BCUT2D eigenvalue weighted by molar-refractivity contribution is 7.11. The van der Waals surface area contributed by atoms with Crippen molar-refractivity contribution in [1.29, 1.82) is 0 Å². The Morgan fingerprint density at radius 1 is 1.40 bits per heavy atom. The molecule has 1 heterocycles. The molecule has 6 heteroatoms. The molecule has 1 N–H and O–H groups in total. The second-order valence-electron chi connectivity index (χ2n) is 4.03. The van der Waals surface area contributed by atoms with Crippen LogP contribution in [0.15, 0.2) is 30.5 Å². The molecule has 0 atom stereocenters. The molecule has 3 nitrogen and oxygen atoms in total. The van der Waals surface area contributed by atoms with Gasteiger partial charge >= 0.3 is 0 Å². The van der Waals surface area contributed by atoms with Gasteiger partial charge in [0.2, 0.25) is 5.91 Å². The highest BCUT2D eigenvalue weighted by atomic mass is 32.1. The van der Waals surface area contributed by atoms with Crippen molar-refractivity contribution in [1.82, 2.24) is 10.3 Å². The van der Waals surface area contributed by atoms with Gasteiger partial charge < -0.3 is 5.32 Å². The summed E-state index contributed by atoms with van der Waals surface area (Å²) in [4.78, 5) is 16.5. The van der Waals surface area contributed by atoms with Gasteiger partial charge in [-0.2, -0.15) is 0 Å². The van der Waals surface area contributed by atoms with Gasteiger partial charge in [-0.1, -0.05) is 6.07 Å². The number of amides is 1. The van der Waals surface area contributed by atoms with E-state index >= 15 is 0 Å². The highest BCUT2D eigenvalue weighted by Gasteiger charge is 2.05. The Labute approximate surface area is 119 Å². The van der Waals surface area contributed by atoms with Crippen LogP contribution in [0.4, 0.5) is 8.78 Å². The van der Waals surface area contributed by atoms with Crippen molar-refractivity contribution in [2.75, 3.05) is 0 Å². The van der Waals surface area contributed by atoms with Crippen molar-refractivity contribution in [2.24, 2.45) is 0 Å². The second kappa shape index (κ2) is 6.38. The first-order valence-electron chi connectivity index (χ1n) is 5.87. The number of rotatable bonds is 4. The molecule has 0 bridgehead atoms. The maximum absolute atomic E-state index is 13.3. The summed E-state index contributed by atoms with van der Waals surface area (Å²) in [5, 5.41) is 3.54. The Kier molecular flexibility index (Phi) is 4.57. The van der Waals surface area contributed by atoms with Crippen molar-refractivity contribution < 1.29 is 13.6 Å². The number of halogens is 2. The lowest BCUT2D eigenvalue weighted by atomic mass is 10.2. The zero-order valence-corrected chi connectivity index (χ0v) is 11.5. The SMILES string of the molecule is Cc1ncc(CNC(=O)C=Cc2c(F)cccc2F)s1. The first-order valence-corrected chi connectivity index (χ1v) is 6.69. The zero-order chi connectivity index (χ0) is 14.5. The van der Waals surface area contributed by atoms with Gasteiger partial charge in [-0.3, -0.25) is 4.79 Å². The lowest BCUT2D eigenvalue weighted by molar-refractivity contribution is -0.116. The number of carbonyl (C=O) groups is 1. The first kappa shape index (κ1) is 14.3. The van der Waals surface area contributed by atoms with Gasteiger partial charge in [-0.25, -0.2) is 13.8 Å². The number of benzene rings is 1. The van der Waals surface area contributed by atoms with Crippen LogP contribution in [-0.2, 0) is 11.3 Å². The number of aromatic nitrogens is 1. The fourth-order valence-electron chi connectivity index (χ4n) is 1.55. The van der Waals surface area contributed by atoms with Crippen molar-refractivity contribution >= 4 is 23.3 Å². The monoisotopic (exact) mass is 294 g/mol. The van der Waals surface area contributed by atoms with Crippen LogP contribution in [0.1, 0.15) is 15.4 Å². The number of aryl methyl sites for hydroxylation is 1. The quantitative estimate of drug-likeness (QED) is 0.881. The summed E-state index contributed by atoms with van der Waals surface area (Å²) in [7, 11) is 0. The number of hydrogen-bond acceptors (Lipinski definition) is 3. The predicted octanol–water partition coefficient (Wildman–Crippen LogP) is 3.06. The van der Waals surface area contributed by atoms with Crippen LogP contribution in [0.2, 0.25) is 0 Å². The summed E-state index contributed by atoms with van der Waals surface area (Å²) >= 11 is 1.48.